The van der Waals surface area contributed by atoms with E-state index in [4.69, 9.17) is 4.74 Å². The summed E-state index contributed by atoms with van der Waals surface area (Å²) in [6.07, 6.45) is 3.91. The topological polar surface area (TPSA) is 29.5 Å². The second-order valence-corrected chi connectivity index (χ2v) is 7.58. The van der Waals surface area contributed by atoms with Crippen LogP contribution in [0.1, 0.15) is 41.3 Å². The van der Waals surface area contributed by atoms with Crippen LogP contribution >= 0.6 is 11.3 Å². The molecule has 0 atom stereocenters. The first-order valence-electron chi connectivity index (χ1n) is 9.06. The number of carbonyl (C=O) groups is 1. The van der Waals surface area contributed by atoms with Gasteiger partial charge in [-0.15, -0.1) is 11.3 Å². The number of likely N-dealkylation sites (tertiary alicyclic amines) is 1. The van der Waals surface area contributed by atoms with Crippen LogP contribution in [0.5, 0.6) is 0 Å². The molecule has 0 spiro atoms. The lowest BCUT2D eigenvalue weighted by molar-refractivity contribution is 0.104. The SMILES string of the molecule is CCOC(=O)N1CCC(=C2c3ccccc3CCc3sccc32)CC1. The van der Waals surface area contributed by atoms with Gasteiger partial charge in [-0.1, -0.05) is 29.8 Å². The highest BCUT2D eigenvalue weighted by molar-refractivity contribution is 7.10. The second kappa shape index (κ2) is 7.04. The van der Waals surface area contributed by atoms with Crippen molar-refractivity contribution in [2.45, 2.75) is 32.6 Å². The van der Waals surface area contributed by atoms with Crippen LogP contribution in [0.4, 0.5) is 4.79 Å². The Hall–Kier alpha value is -2.07. The van der Waals surface area contributed by atoms with Crippen molar-refractivity contribution in [3.63, 3.8) is 0 Å². The first-order chi connectivity index (χ1) is 12.3. The molecule has 2 aromatic rings. The number of ether oxygens (including phenoxy) is 1. The molecule has 2 aliphatic rings. The third kappa shape index (κ3) is 3.11. The summed E-state index contributed by atoms with van der Waals surface area (Å²) in [5, 5.41) is 2.22. The zero-order valence-corrected chi connectivity index (χ0v) is 15.4. The van der Waals surface area contributed by atoms with E-state index in [0.29, 0.717) is 6.61 Å². The summed E-state index contributed by atoms with van der Waals surface area (Å²) in [5.74, 6) is 0. The summed E-state index contributed by atoms with van der Waals surface area (Å²) in [5.41, 5.74) is 7.15. The van der Waals surface area contributed by atoms with Gasteiger partial charge in [-0.2, -0.15) is 0 Å². The van der Waals surface area contributed by atoms with E-state index in [0.717, 1.165) is 38.8 Å². The summed E-state index contributed by atoms with van der Waals surface area (Å²) in [6.45, 7) is 3.79. The van der Waals surface area contributed by atoms with Crippen molar-refractivity contribution < 1.29 is 9.53 Å². The van der Waals surface area contributed by atoms with Crippen LogP contribution in [0.25, 0.3) is 5.57 Å². The summed E-state index contributed by atoms with van der Waals surface area (Å²) >= 11 is 1.87. The maximum atomic E-state index is 12.0. The van der Waals surface area contributed by atoms with Gasteiger partial charge in [0.15, 0.2) is 0 Å². The van der Waals surface area contributed by atoms with Crippen LogP contribution in [-0.4, -0.2) is 30.7 Å². The van der Waals surface area contributed by atoms with Crippen LogP contribution in [0, 0.1) is 0 Å². The highest BCUT2D eigenvalue weighted by atomic mass is 32.1. The van der Waals surface area contributed by atoms with Crippen molar-refractivity contribution in [3.8, 4) is 0 Å². The lowest BCUT2D eigenvalue weighted by Crippen LogP contribution is -2.37. The van der Waals surface area contributed by atoms with Crippen LogP contribution in [0.15, 0.2) is 41.3 Å². The number of rotatable bonds is 1. The molecule has 1 amide bonds. The Bertz CT molecular complexity index is 811. The average Bonchev–Trinajstić information content (AvgIpc) is 3.04. The fourth-order valence-corrected chi connectivity index (χ4v) is 4.82. The number of benzene rings is 1. The van der Waals surface area contributed by atoms with Gasteiger partial charge in [0.2, 0.25) is 0 Å². The van der Waals surface area contributed by atoms with E-state index in [9.17, 15) is 4.79 Å². The number of carbonyl (C=O) groups excluding carboxylic acids is 1. The van der Waals surface area contributed by atoms with Gasteiger partial charge in [0.1, 0.15) is 0 Å². The average molecular weight is 353 g/mol. The Labute approximate surface area is 152 Å². The van der Waals surface area contributed by atoms with Crippen LogP contribution in [0.2, 0.25) is 0 Å². The number of hydrogen-bond donors (Lipinski definition) is 0. The third-order valence-electron chi connectivity index (χ3n) is 5.17. The van der Waals surface area contributed by atoms with Gasteiger partial charge < -0.3 is 9.64 Å². The van der Waals surface area contributed by atoms with Crippen molar-refractivity contribution in [1.29, 1.82) is 0 Å². The molecule has 1 aromatic carbocycles. The Kier molecular flexibility index (Phi) is 4.62. The molecular formula is C21H23NO2S. The molecule has 0 bridgehead atoms. The molecule has 1 fully saturated rings. The fraction of sp³-hybridized carbons (Fsp3) is 0.381. The van der Waals surface area contributed by atoms with Gasteiger partial charge in [0, 0.05) is 18.0 Å². The van der Waals surface area contributed by atoms with Gasteiger partial charge in [0.05, 0.1) is 6.61 Å². The van der Waals surface area contributed by atoms with Gasteiger partial charge in [-0.25, -0.2) is 4.79 Å². The molecule has 130 valence electrons. The Morgan fingerprint density at radius 1 is 1.08 bits per heavy atom. The number of thiophene rings is 1. The number of hydrogen-bond acceptors (Lipinski definition) is 3. The quantitative estimate of drug-likeness (QED) is 0.730. The molecule has 0 unspecified atom stereocenters. The van der Waals surface area contributed by atoms with Gasteiger partial charge in [-0.3, -0.25) is 0 Å². The molecule has 1 aromatic heterocycles. The standard InChI is InChI=1S/C21H23NO2S/c1-2-24-21(23)22-12-9-16(10-13-22)20-17-6-4-3-5-15(17)7-8-19-18(20)11-14-25-19/h3-6,11,14H,2,7-10,12-13H2,1H3. The molecule has 3 nitrogen and oxygen atoms in total. The Morgan fingerprint density at radius 2 is 1.88 bits per heavy atom. The van der Waals surface area contributed by atoms with Crippen molar-refractivity contribution in [1.82, 2.24) is 4.90 Å². The molecule has 25 heavy (non-hydrogen) atoms. The Balaban J connectivity index is 1.71. The maximum Gasteiger partial charge on any atom is 0.409 e. The molecule has 4 rings (SSSR count). The summed E-state index contributed by atoms with van der Waals surface area (Å²) in [4.78, 5) is 15.3. The minimum Gasteiger partial charge on any atom is -0.450 e. The first kappa shape index (κ1) is 16.4. The van der Waals surface area contributed by atoms with Gasteiger partial charge in [-0.05, 0) is 66.3 Å². The van der Waals surface area contributed by atoms with Gasteiger partial charge >= 0.3 is 6.09 Å². The van der Waals surface area contributed by atoms with Crippen LogP contribution in [-0.2, 0) is 17.6 Å². The van der Waals surface area contributed by atoms with E-state index >= 15 is 0 Å². The van der Waals surface area contributed by atoms with E-state index < -0.39 is 0 Å². The smallest absolute Gasteiger partial charge is 0.409 e. The maximum absolute atomic E-state index is 12.0. The largest absolute Gasteiger partial charge is 0.450 e. The monoisotopic (exact) mass is 353 g/mol. The fourth-order valence-electron chi connectivity index (χ4n) is 3.94. The van der Waals surface area contributed by atoms with E-state index in [1.165, 1.54) is 32.7 Å². The van der Waals surface area contributed by atoms with Crippen LogP contribution in [0.3, 0.4) is 0 Å². The van der Waals surface area contributed by atoms with Crippen molar-refractivity contribution in [2.75, 3.05) is 19.7 Å². The number of amides is 1. The van der Waals surface area contributed by atoms with Crippen molar-refractivity contribution >= 4 is 23.0 Å². The molecule has 1 aliphatic carbocycles. The van der Waals surface area contributed by atoms with E-state index in [-0.39, 0.29) is 6.09 Å². The molecule has 1 saturated heterocycles. The van der Waals surface area contributed by atoms with Crippen molar-refractivity contribution in [3.05, 3.63) is 62.9 Å². The van der Waals surface area contributed by atoms with Crippen molar-refractivity contribution in [2.24, 2.45) is 0 Å². The summed E-state index contributed by atoms with van der Waals surface area (Å²) in [6, 6.07) is 11.1. The minimum absolute atomic E-state index is 0.177. The third-order valence-corrected chi connectivity index (χ3v) is 6.15. The molecule has 0 radical (unpaired) electrons. The molecule has 4 heteroatoms. The molecule has 0 N–H and O–H groups in total. The summed E-state index contributed by atoms with van der Waals surface area (Å²) in [7, 11) is 0. The number of aryl methyl sites for hydroxylation is 2. The minimum atomic E-state index is -0.177. The number of nitrogens with zero attached hydrogens (tertiary/aromatic N) is 1. The lowest BCUT2D eigenvalue weighted by Gasteiger charge is -2.29. The Morgan fingerprint density at radius 3 is 2.68 bits per heavy atom. The highest BCUT2D eigenvalue weighted by Crippen LogP contribution is 2.40. The molecular weight excluding hydrogens is 330 g/mol. The normalized spacial score (nSPS) is 16.9. The molecule has 2 heterocycles. The second-order valence-electron chi connectivity index (χ2n) is 6.58. The predicted octanol–water partition coefficient (Wildman–Crippen LogP) is 4.90. The number of piperidine rings is 1. The zero-order chi connectivity index (χ0) is 17.2. The van der Waals surface area contributed by atoms with E-state index in [1.807, 2.05) is 23.2 Å². The first-order valence-corrected chi connectivity index (χ1v) is 9.94. The van der Waals surface area contributed by atoms with Crippen LogP contribution < -0.4 is 0 Å². The van der Waals surface area contributed by atoms with Gasteiger partial charge in [0.25, 0.3) is 0 Å². The lowest BCUT2D eigenvalue weighted by atomic mass is 9.88. The van der Waals surface area contributed by atoms with E-state index in [1.54, 1.807) is 0 Å². The number of fused-ring (bicyclic) bond motifs is 2. The highest BCUT2D eigenvalue weighted by Gasteiger charge is 2.26. The zero-order valence-electron chi connectivity index (χ0n) is 14.6. The molecule has 1 aliphatic heterocycles. The molecule has 0 saturated carbocycles. The van der Waals surface area contributed by atoms with E-state index in [2.05, 4.69) is 35.7 Å². The summed E-state index contributed by atoms with van der Waals surface area (Å²) < 4.78 is 5.15. The predicted molar refractivity (Wildman–Crippen MR) is 102 cm³/mol.